The number of rotatable bonds is 2. The van der Waals surface area contributed by atoms with Crippen molar-refractivity contribution in [3.8, 4) is 0 Å². The van der Waals surface area contributed by atoms with Crippen LogP contribution in [0.1, 0.15) is 5.56 Å². The summed E-state index contributed by atoms with van der Waals surface area (Å²) in [5.74, 6) is 1.64. The first-order valence-corrected chi connectivity index (χ1v) is 5.29. The number of aryl methyl sites for hydroxylation is 2. The quantitative estimate of drug-likeness (QED) is 0.722. The Kier molecular flexibility index (Phi) is 2.07. The molecular weight excluding hydrogens is 216 g/mol. The van der Waals surface area contributed by atoms with Gasteiger partial charge in [0.1, 0.15) is 12.1 Å². The zero-order valence-electron chi connectivity index (χ0n) is 9.62. The number of nitrogens with zero attached hydrogens (tertiary/aromatic N) is 5. The monoisotopic (exact) mass is 228 g/mol. The van der Waals surface area contributed by atoms with Crippen LogP contribution in [0.4, 0.5) is 11.6 Å². The van der Waals surface area contributed by atoms with Crippen LogP contribution in [-0.4, -0.2) is 24.4 Å². The molecule has 3 aromatic heterocycles. The normalized spacial score (nSPS) is 10.9. The molecule has 6 heteroatoms. The molecule has 0 amide bonds. The summed E-state index contributed by atoms with van der Waals surface area (Å²) in [6.07, 6.45) is 3.43. The molecule has 0 fully saturated rings. The molecule has 3 rings (SSSR count). The van der Waals surface area contributed by atoms with Gasteiger partial charge in [-0.2, -0.15) is 14.7 Å². The highest BCUT2D eigenvalue weighted by Crippen LogP contribution is 2.17. The van der Waals surface area contributed by atoms with Crippen molar-refractivity contribution in [3.63, 3.8) is 0 Å². The van der Waals surface area contributed by atoms with E-state index in [2.05, 4.69) is 20.5 Å². The van der Waals surface area contributed by atoms with Gasteiger partial charge in [0.25, 0.3) is 0 Å². The third kappa shape index (κ3) is 1.73. The molecule has 0 aromatic carbocycles. The predicted molar refractivity (Wildman–Crippen MR) is 64.2 cm³/mol. The third-order valence-electron chi connectivity index (χ3n) is 2.49. The van der Waals surface area contributed by atoms with Gasteiger partial charge >= 0.3 is 0 Å². The maximum absolute atomic E-state index is 4.27. The van der Waals surface area contributed by atoms with Crippen LogP contribution in [0.25, 0.3) is 5.65 Å². The Morgan fingerprint density at radius 1 is 1.29 bits per heavy atom. The first-order valence-electron chi connectivity index (χ1n) is 5.29. The van der Waals surface area contributed by atoms with Crippen LogP contribution in [0.5, 0.6) is 0 Å². The zero-order chi connectivity index (χ0) is 11.8. The van der Waals surface area contributed by atoms with Crippen LogP contribution in [0.15, 0.2) is 30.7 Å². The zero-order valence-corrected chi connectivity index (χ0v) is 9.62. The molecule has 3 heterocycles. The van der Waals surface area contributed by atoms with E-state index in [4.69, 9.17) is 0 Å². The Labute approximate surface area is 97.9 Å². The van der Waals surface area contributed by atoms with Gasteiger partial charge in [0.05, 0.1) is 0 Å². The van der Waals surface area contributed by atoms with E-state index in [0.29, 0.717) is 0 Å². The Balaban J connectivity index is 2.07. The molecule has 6 nitrogen and oxygen atoms in total. The van der Waals surface area contributed by atoms with E-state index in [1.165, 1.54) is 0 Å². The standard InChI is InChI=1S/C11H12N6/c1-8-5-10-12-7-13-17(10)11(6-8)14-9-3-4-16(2)15-9/h3-7H,1-2H3,(H,14,15). The molecule has 17 heavy (non-hydrogen) atoms. The highest BCUT2D eigenvalue weighted by Gasteiger charge is 2.05. The number of anilines is 2. The molecule has 0 atom stereocenters. The molecule has 0 aliphatic carbocycles. The maximum atomic E-state index is 4.27. The fourth-order valence-corrected chi connectivity index (χ4v) is 1.76. The van der Waals surface area contributed by atoms with Crippen LogP contribution < -0.4 is 5.32 Å². The summed E-state index contributed by atoms with van der Waals surface area (Å²) in [7, 11) is 1.88. The van der Waals surface area contributed by atoms with Gasteiger partial charge in [-0.3, -0.25) is 4.68 Å². The fourth-order valence-electron chi connectivity index (χ4n) is 1.76. The van der Waals surface area contributed by atoms with Gasteiger partial charge in [-0.05, 0) is 24.6 Å². The van der Waals surface area contributed by atoms with Gasteiger partial charge in [-0.15, -0.1) is 0 Å². The molecule has 0 aliphatic heterocycles. The number of nitrogens with one attached hydrogen (secondary N) is 1. The molecule has 86 valence electrons. The highest BCUT2D eigenvalue weighted by molar-refractivity contribution is 5.57. The summed E-state index contributed by atoms with van der Waals surface area (Å²) in [6.45, 7) is 2.03. The summed E-state index contributed by atoms with van der Waals surface area (Å²) in [5.41, 5.74) is 1.95. The average Bonchev–Trinajstić information content (AvgIpc) is 2.87. The third-order valence-corrected chi connectivity index (χ3v) is 2.49. The number of fused-ring (bicyclic) bond motifs is 1. The predicted octanol–water partition coefficient (Wildman–Crippen LogP) is 1.51. The number of pyridine rings is 1. The molecule has 0 radical (unpaired) electrons. The van der Waals surface area contributed by atoms with Crippen molar-refractivity contribution in [2.24, 2.45) is 7.05 Å². The summed E-state index contributed by atoms with van der Waals surface area (Å²) in [6, 6.07) is 5.90. The second kappa shape index (κ2) is 3.58. The summed E-state index contributed by atoms with van der Waals surface area (Å²) < 4.78 is 3.50. The topological polar surface area (TPSA) is 60.0 Å². The van der Waals surface area contributed by atoms with Crippen molar-refractivity contribution in [1.29, 1.82) is 0 Å². The van der Waals surface area contributed by atoms with Crippen LogP contribution in [0.2, 0.25) is 0 Å². The van der Waals surface area contributed by atoms with Crippen LogP contribution >= 0.6 is 0 Å². The van der Waals surface area contributed by atoms with Crippen molar-refractivity contribution in [3.05, 3.63) is 36.3 Å². The maximum Gasteiger partial charge on any atom is 0.157 e. The first-order chi connectivity index (χ1) is 8.22. The van der Waals surface area contributed by atoms with E-state index in [-0.39, 0.29) is 0 Å². The van der Waals surface area contributed by atoms with E-state index in [1.807, 2.05) is 38.4 Å². The number of hydrogen-bond donors (Lipinski definition) is 1. The molecule has 0 saturated heterocycles. The van der Waals surface area contributed by atoms with Crippen molar-refractivity contribution < 1.29 is 0 Å². The summed E-state index contributed by atoms with van der Waals surface area (Å²) >= 11 is 0. The summed E-state index contributed by atoms with van der Waals surface area (Å²) in [5, 5.41) is 11.7. The smallest absolute Gasteiger partial charge is 0.157 e. The molecule has 3 aromatic rings. The van der Waals surface area contributed by atoms with E-state index in [1.54, 1.807) is 15.5 Å². The number of aromatic nitrogens is 5. The minimum Gasteiger partial charge on any atom is -0.323 e. The van der Waals surface area contributed by atoms with E-state index < -0.39 is 0 Å². The SMILES string of the molecule is Cc1cc(Nc2ccn(C)n2)n2ncnc2c1. The molecule has 0 bridgehead atoms. The fraction of sp³-hybridized carbons (Fsp3) is 0.182. The Hall–Kier alpha value is -2.37. The molecule has 0 unspecified atom stereocenters. The van der Waals surface area contributed by atoms with Crippen molar-refractivity contribution in [1.82, 2.24) is 24.4 Å². The Morgan fingerprint density at radius 2 is 2.18 bits per heavy atom. The summed E-state index contributed by atoms with van der Waals surface area (Å²) in [4.78, 5) is 4.17. The largest absolute Gasteiger partial charge is 0.323 e. The van der Waals surface area contributed by atoms with E-state index >= 15 is 0 Å². The van der Waals surface area contributed by atoms with Gasteiger partial charge in [0.15, 0.2) is 11.5 Å². The lowest BCUT2D eigenvalue weighted by atomic mass is 10.3. The highest BCUT2D eigenvalue weighted by atomic mass is 15.3. The Morgan fingerprint density at radius 3 is 2.94 bits per heavy atom. The van der Waals surface area contributed by atoms with E-state index in [0.717, 1.165) is 22.8 Å². The first kappa shape index (κ1) is 9.83. The van der Waals surface area contributed by atoms with Gasteiger partial charge < -0.3 is 5.32 Å². The molecule has 1 N–H and O–H groups in total. The number of hydrogen-bond acceptors (Lipinski definition) is 4. The van der Waals surface area contributed by atoms with Gasteiger partial charge in [0.2, 0.25) is 0 Å². The molecule has 0 aliphatic rings. The molecular formula is C11H12N6. The van der Waals surface area contributed by atoms with Crippen LogP contribution in [-0.2, 0) is 7.05 Å². The second-order valence-electron chi connectivity index (χ2n) is 3.95. The Bertz CT molecular complexity index is 665. The lowest BCUT2D eigenvalue weighted by Crippen LogP contribution is -2.01. The minimum absolute atomic E-state index is 0.787. The molecule has 0 saturated carbocycles. The van der Waals surface area contributed by atoms with Crippen molar-refractivity contribution in [2.45, 2.75) is 6.92 Å². The van der Waals surface area contributed by atoms with Crippen LogP contribution in [0, 0.1) is 6.92 Å². The van der Waals surface area contributed by atoms with Crippen molar-refractivity contribution in [2.75, 3.05) is 5.32 Å². The minimum atomic E-state index is 0.787. The second-order valence-corrected chi connectivity index (χ2v) is 3.95. The lowest BCUT2D eigenvalue weighted by molar-refractivity contribution is 0.770. The van der Waals surface area contributed by atoms with Gasteiger partial charge in [0, 0.05) is 19.3 Å². The average molecular weight is 228 g/mol. The van der Waals surface area contributed by atoms with E-state index in [9.17, 15) is 0 Å². The lowest BCUT2D eigenvalue weighted by Gasteiger charge is -2.06. The molecule has 0 spiro atoms. The van der Waals surface area contributed by atoms with Crippen molar-refractivity contribution >= 4 is 17.3 Å². The van der Waals surface area contributed by atoms with Gasteiger partial charge in [-0.1, -0.05) is 0 Å². The van der Waals surface area contributed by atoms with Gasteiger partial charge in [-0.25, -0.2) is 4.98 Å². The van der Waals surface area contributed by atoms with Crippen LogP contribution in [0.3, 0.4) is 0 Å².